The molecule has 0 amide bonds. The van der Waals surface area contributed by atoms with Crippen LogP contribution in [0.2, 0.25) is 0 Å². The van der Waals surface area contributed by atoms with Crippen molar-refractivity contribution in [2.24, 2.45) is 0 Å². The van der Waals surface area contributed by atoms with E-state index in [9.17, 15) is 4.39 Å². The zero-order valence-electron chi connectivity index (χ0n) is 4.63. The molecule has 0 aliphatic carbocycles. The van der Waals surface area contributed by atoms with Gasteiger partial charge < -0.3 is 5.41 Å². The number of pyridine rings is 1. The Morgan fingerprint density at radius 3 is 2.89 bits per heavy atom. The first-order valence-corrected chi connectivity index (χ1v) is 2.44. The molecular formula is C6H5FN2. The molecule has 0 spiro atoms. The van der Waals surface area contributed by atoms with Crippen molar-refractivity contribution in [1.29, 1.82) is 5.41 Å². The van der Waals surface area contributed by atoms with Crippen LogP contribution in [0.5, 0.6) is 0 Å². The largest absolute Gasteiger partial charge is 0.308 e. The number of aromatic nitrogens is 1. The summed E-state index contributed by atoms with van der Waals surface area (Å²) in [5, 5.41) is 6.69. The molecule has 1 N–H and O–H groups in total. The fourth-order valence-electron chi connectivity index (χ4n) is 0.503. The van der Waals surface area contributed by atoms with Crippen LogP contribution in [-0.4, -0.2) is 11.2 Å². The summed E-state index contributed by atoms with van der Waals surface area (Å²) in [7, 11) is 0. The standard InChI is InChI=1S/C6H5FN2/c7-6-4-9-2-1-5(6)3-8/h1-4,8H. The van der Waals surface area contributed by atoms with Gasteiger partial charge in [-0.05, 0) is 6.07 Å². The second kappa shape index (κ2) is 2.35. The van der Waals surface area contributed by atoms with Gasteiger partial charge >= 0.3 is 0 Å². The average molecular weight is 124 g/mol. The van der Waals surface area contributed by atoms with Crippen LogP contribution < -0.4 is 0 Å². The first-order valence-electron chi connectivity index (χ1n) is 2.44. The lowest BCUT2D eigenvalue weighted by Crippen LogP contribution is -1.86. The highest BCUT2D eigenvalue weighted by Gasteiger charge is 1.93. The minimum absolute atomic E-state index is 0.269. The lowest BCUT2D eigenvalue weighted by atomic mass is 10.3. The molecule has 0 atom stereocenters. The third-order valence-corrected chi connectivity index (χ3v) is 0.959. The second-order valence-corrected chi connectivity index (χ2v) is 1.54. The zero-order chi connectivity index (χ0) is 6.69. The molecule has 9 heavy (non-hydrogen) atoms. The van der Waals surface area contributed by atoms with E-state index in [0.29, 0.717) is 0 Å². The van der Waals surface area contributed by atoms with Crippen LogP contribution in [0.1, 0.15) is 5.56 Å². The van der Waals surface area contributed by atoms with Gasteiger partial charge in [0.25, 0.3) is 0 Å². The number of rotatable bonds is 1. The van der Waals surface area contributed by atoms with Gasteiger partial charge in [0.15, 0.2) is 0 Å². The van der Waals surface area contributed by atoms with Crippen LogP contribution in [0, 0.1) is 11.2 Å². The lowest BCUT2D eigenvalue weighted by Gasteiger charge is -1.89. The summed E-state index contributed by atoms with van der Waals surface area (Å²) >= 11 is 0. The Morgan fingerprint density at radius 1 is 1.67 bits per heavy atom. The quantitative estimate of drug-likeness (QED) is 0.561. The topological polar surface area (TPSA) is 36.7 Å². The van der Waals surface area contributed by atoms with Gasteiger partial charge in [0.2, 0.25) is 0 Å². The van der Waals surface area contributed by atoms with Crippen LogP contribution in [0.3, 0.4) is 0 Å². The van der Waals surface area contributed by atoms with Gasteiger partial charge in [0.1, 0.15) is 5.82 Å². The molecule has 0 bridgehead atoms. The number of hydrogen-bond acceptors (Lipinski definition) is 2. The van der Waals surface area contributed by atoms with Crippen molar-refractivity contribution >= 4 is 6.21 Å². The summed E-state index contributed by atoms with van der Waals surface area (Å²) in [5.41, 5.74) is 0.269. The second-order valence-electron chi connectivity index (χ2n) is 1.54. The molecule has 0 radical (unpaired) electrons. The summed E-state index contributed by atoms with van der Waals surface area (Å²) in [6.07, 6.45) is 3.49. The normalized spacial score (nSPS) is 9.00. The summed E-state index contributed by atoms with van der Waals surface area (Å²) in [6, 6.07) is 1.45. The zero-order valence-corrected chi connectivity index (χ0v) is 4.63. The maximum Gasteiger partial charge on any atom is 0.150 e. The fourth-order valence-corrected chi connectivity index (χ4v) is 0.503. The van der Waals surface area contributed by atoms with Crippen LogP contribution in [-0.2, 0) is 0 Å². The maximum atomic E-state index is 12.4. The van der Waals surface area contributed by atoms with Crippen molar-refractivity contribution in [3.05, 3.63) is 29.8 Å². The van der Waals surface area contributed by atoms with Gasteiger partial charge in [0.05, 0.1) is 6.20 Å². The molecule has 0 unspecified atom stereocenters. The van der Waals surface area contributed by atoms with Gasteiger partial charge in [-0.1, -0.05) is 0 Å². The predicted molar refractivity (Wildman–Crippen MR) is 32.1 cm³/mol. The van der Waals surface area contributed by atoms with E-state index in [2.05, 4.69) is 4.98 Å². The summed E-state index contributed by atoms with van der Waals surface area (Å²) < 4.78 is 12.4. The average Bonchev–Trinajstić information content (AvgIpc) is 1.89. The van der Waals surface area contributed by atoms with Gasteiger partial charge in [-0.3, -0.25) is 4.98 Å². The smallest absolute Gasteiger partial charge is 0.150 e. The Balaban J connectivity index is 3.15. The van der Waals surface area contributed by atoms with E-state index in [-0.39, 0.29) is 5.56 Å². The van der Waals surface area contributed by atoms with Crippen LogP contribution in [0.25, 0.3) is 0 Å². The minimum Gasteiger partial charge on any atom is -0.308 e. The summed E-state index contributed by atoms with van der Waals surface area (Å²) in [6.45, 7) is 0. The van der Waals surface area contributed by atoms with Crippen molar-refractivity contribution in [1.82, 2.24) is 4.98 Å². The van der Waals surface area contributed by atoms with Crippen molar-refractivity contribution in [2.75, 3.05) is 0 Å². The molecule has 0 fully saturated rings. The molecule has 2 nitrogen and oxygen atoms in total. The molecule has 1 rings (SSSR count). The van der Waals surface area contributed by atoms with Crippen LogP contribution in [0.4, 0.5) is 4.39 Å². The third kappa shape index (κ3) is 1.10. The molecule has 0 aliphatic rings. The third-order valence-electron chi connectivity index (χ3n) is 0.959. The maximum absolute atomic E-state index is 12.4. The summed E-state index contributed by atoms with van der Waals surface area (Å²) in [5.74, 6) is -0.451. The summed E-state index contributed by atoms with van der Waals surface area (Å²) in [4.78, 5) is 3.51. The van der Waals surface area contributed by atoms with Gasteiger partial charge in [0, 0.05) is 18.0 Å². The Hall–Kier alpha value is -1.25. The van der Waals surface area contributed by atoms with Crippen LogP contribution in [0.15, 0.2) is 18.5 Å². The molecule has 1 heterocycles. The Kier molecular flexibility index (Phi) is 1.53. The Morgan fingerprint density at radius 2 is 2.44 bits per heavy atom. The molecular weight excluding hydrogens is 119 g/mol. The van der Waals surface area contributed by atoms with Crippen molar-refractivity contribution in [3.8, 4) is 0 Å². The van der Waals surface area contributed by atoms with E-state index in [1.54, 1.807) is 0 Å². The number of nitrogens with zero attached hydrogens (tertiary/aromatic N) is 1. The monoisotopic (exact) mass is 124 g/mol. The highest BCUT2D eigenvalue weighted by Crippen LogP contribution is 1.98. The molecule has 3 heteroatoms. The molecule has 46 valence electrons. The number of nitrogens with one attached hydrogen (secondary N) is 1. The Bertz CT molecular complexity index is 222. The van der Waals surface area contributed by atoms with E-state index >= 15 is 0 Å². The molecule has 0 aliphatic heterocycles. The fraction of sp³-hybridized carbons (Fsp3) is 0. The van der Waals surface area contributed by atoms with Crippen LogP contribution >= 0.6 is 0 Å². The first kappa shape index (κ1) is 5.88. The van der Waals surface area contributed by atoms with Gasteiger partial charge in [-0.15, -0.1) is 0 Å². The highest BCUT2D eigenvalue weighted by atomic mass is 19.1. The van der Waals surface area contributed by atoms with Gasteiger partial charge in [-0.25, -0.2) is 4.39 Å². The van der Waals surface area contributed by atoms with E-state index in [4.69, 9.17) is 5.41 Å². The predicted octanol–water partition coefficient (Wildman–Crippen LogP) is 1.22. The van der Waals surface area contributed by atoms with E-state index in [1.807, 2.05) is 0 Å². The van der Waals surface area contributed by atoms with Crippen molar-refractivity contribution in [3.63, 3.8) is 0 Å². The molecule has 1 aromatic heterocycles. The van der Waals surface area contributed by atoms with E-state index < -0.39 is 5.82 Å². The lowest BCUT2D eigenvalue weighted by molar-refractivity contribution is 0.619. The SMILES string of the molecule is N=Cc1ccncc1F. The van der Waals surface area contributed by atoms with Crippen molar-refractivity contribution in [2.45, 2.75) is 0 Å². The first-order chi connectivity index (χ1) is 4.34. The Labute approximate surface area is 51.9 Å². The van der Waals surface area contributed by atoms with E-state index in [1.165, 1.54) is 12.3 Å². The number of hydrogen-bond donors (Lipinski definition) is 1. The minimum atomic E-state index is -0.451. The van der Waals surface area contributed by atoms with Crippen molar-refractivity contribution < 1.29 is 4.39 Å². The molecule has 0 saturated heterocycles. The van der Waals surface area contributed by atoms with Gasteiger partial charge in [-0.2, -0.15) is 0 Å². The number of halogens is 1. The molecule has 0 aromatic carbocycles. The molecule has 0 saturated carbocycles. The van der Waals surface area contributed by atoms with E-state index in [0.717, 1.165) is 12.4 Å². The highest BCUT2D eigenvalue weighted by molar-refractivity contribution is 5.76. The molecule has 1 aromatic rings.